The number of aryl methyl sites for hydroxylation is 1. The van der Waals surface area contributed by atoms with Crippen molar-refractivity contribution in [2.24, 2.45) is 0 Å². The number of ether oxygens (including phenoxy) is 1. The molecular formula is C13H15N3O2. The van der Waals surface area contributed by atoms with Crippen LogP contribution in [-0.2, 0) is 11.2 Å². The Morgan fingerprint density at radius 1 is 1.56 bits per heavy atom. The molecule has 1 aromatic heterocycles. The molecule has 5 heteroatoms. The molecule has 2 aromatic rings. The summed E-state index contributed by atoms with van der Waals surface area (Å²) in [4.78, 5) is 21.0. The molecule has 94 valence electrons. The summed E-state index contributed by atoms with van der Waals surface area (Å²) >= 11 is 0. The number of hydrogen-bond donors (Lipinski definition) is 1. The number of nitrogens with zero attached hydrogens (tertiary/aromatic N) is 2. The van der Waals surface area contributed by atoms with Crippen LogP contribution >= 0.6 is 0 Å². The van der Waals surface area contributed by atoms with E-state index in [4.69, 9.17) is 4.74 Å². The van der Waals surface area contributed by atoms with Crippen LogP contribution in [0.15, 0.2) is 18.5 Å². The third-order valence-electron chi connectivity index (χ3n) is 3.56. The highest BCUT2D eigenvalue weighted by atomic mass is 16.5. The Hall–Kier alpha value is -2.04. The number of imidazole rings is 1. The van der Waals surface area contributed by atoms with Crippen LogP contribution in [0.2, 0.25) is 0 Å². The van der Waals surface area contributed by atoms with Crippen molar-refractivity contribution in [3.8, 4) is 0 Å². The number of rotatable bonds is 0. The molecule has 0 saturated heterocycles. The lowest BCUT2D eigenvalue weighted by Gasteiger charge is -2.34. The first kappa shape index (κ1) is 11.1. The van der Waals surface area contributed by atoms with Crippen LogP contribution < -0.4 is 4.90 Å². The lowest BCUT2D eigenvalue weighted by atomic mass is 9.96. The van der Waals surface area contributed by atoms with Crippen molar-refractivity contribution in [2.75, 3.05) is 12.0 Å². The molecule has 5 nitrogen and oxygen atoms in total. The Kier molecular flexibility index (Phi) is 2.47. The number of methoxy groups -OCH3 is 1. The van der Waals surface area contributed by atoms with Crippen LogP contribution in [0.1, 0.15) is 18.9 Å². The Morgan fingerprint density at radius 2 is 2.39 bits per heavy atom. The van der Waals surface area contributed by atoms with Crippen molar-refractivity contribution in [2.45, 2.75) is 25.8 Å². The third-order valence-corrected chi connectivity index (χ3v) is 3.56. The normalized spacial score (nSPS) is 18.8. The summed E-state index contributed by atoms with van der Waals surface area (Å²) in [5, 5.41) is 0. The fourth-order valence-corrected chi connectivity index (χ4v) is 2.62. The fourth-order valence-electron chi connectivity index (χ4n) is 2.62. The number of aromatic amines is 1. The summed E-state index contributed by atoms with van der Waals surface area (Å²) in [7, 11) is 1.41. The van der Waals surface area contributed by atoms with Crippen molar-refractivity contribution in [1.29, 1.82) is 0 Å². The summed E-state index contributed by atoms with van der Waals surface area (Å²) in [6.07, 6.45) is 3.24. The summed E-state index contributed by atoms with van der Waals surface area (Å²) in [6, 6.07) is 4.07. The Bertz CT molecular complexity index is 605. The minimum Gasteiger partial charge on any atom is -0.452 e. The molecule has 1 aliphatic heterocycles. The van der Waals surface area contributed by atoms with Gasteiger partial charge in [0.05, 0.1) is 30.2 Å². The average molecular weight is 245 g/mol. The fraction of sp³-hybridized carbons (Fsp3) is 0.385. The molecule has 18 heavy (non-hydrogen) atoms. The number of carbonyl (C=O) groups excluding carboxylic acids is 1. The monoisotopic (exact) mass is 245 g/mol. The van der Waals surface area contributed by atoms with Gasteiger partial charge in [-0.1, -0.05) is 0 Å². The average Bonchev–Trinajstić information content (AvgIpc) is 2.86. The second kappa shape index (κ2) is 4.01. The van der Waals surface area contributed by atoms with Crippen LogP contribution in [0.25, 0.3) is 11.0 Å². The number of nitrogens with one attached hydrogen (secondary N) is 1. The number of H-pyrrole nitrogens is 1. The molecule has 1 atom stereocenters. The van der Waals surface area contributed by atoms with Gasteiger partial charge >= 0.3 is 6.09 Å². The number of benzene rings is 1. The molecule has 1 aliphatic rings. The second-order valence-electron chi connectivity index (χ2n) is 4.59. The predicted molar refractivity (Wildman–Crippen MR) is 68.8 cm³/mol. The van der Waals surface area contributed by atoms with Gasteiger partial charge in [0.25, 0.3) is 0 Å². The van der Waals surface area contributed by atoms with Gasteiger partial charge in [-0.05, 0) is 31.9 Å². The zero-order valence-corrected chi connectivity index (χ0v) is 10.4. The van der Waals surface area contributed by atoms with E-state index in [9.17, 15) is 4.79 Å². The van der Waals surface area contributed by atoms with Crippen LogP contribution in [0.5, 0.6) is 0 Å². The van der Waals surface area contributed by atoms with Crippen molar-refractivity contribution >= 4 is 22.8 Å². The Balaban J connectivity index is 2.19. The molecule has 0 fully saturated rings. The predicted octanol–water partition coefficient (Wildman–Crippen LogP) is 2.47. The van der Waals surface area contributed by atoms with Crippen LogP contribution in [0, 0.1) is 0 Å². The maximum Gasteiger partial charge on any atom is 0.414 e. The molecule has 0 aliphatic carbocycles. The molecule has 1 aromatic carbocycles. The van der Waals surface area contributed by atoms with E-state index in [1.54, 1.807) is 11.2 Å². The van der Waals surface area contributed by atoms with Crippen molar-refractivity contribution in [3.63, 3.8) is 0 Å². The molecular weight excluding hydrogens is 230 g/mol. The SMILES string of the molecule is COC(=O)N1c2ccc3[nH]cnc3c2CC[C@@H]1C. The highest BCUT2D eigenvalue weighted by molar-refractivity contribution is 5.94. The minimum atomic E-state index is -0.307. The highest BCUT2D eigenvalue weighted by Gasteiger charge is 2.30. The molecule has 1 amide bonds. The number of aromatic nitrogens is 2. The van der Waals surface area contributed by atoms with Gasteiger partial charge in [0.2, 0.25) is 0 Å². The summed E-state index contributed by atoms with van der Waals surface area (Å²) in [6.45, 7) is 2.04. The highest BCUT2D eigenvalue weighted by Crippen LogP contribution is 2.35. The summed E-state index contributed by atoms with van der Waals surface area (Å²) in [5.41, 5.74) is 4.00. The quantitative estimate of drug-likeness (QED) is 0.775. The Morgan fingerprint density at radius 3 is 3.17 bits per heavy atom. The molecule has 3 rings (SSSR count). The van der Waals surface area contributed by atoms with E-state index in [1.807, 2.05) is 19.1 Å². The van der Waals surface area contributed by atoms with E-state index < -0.39 is 0 Å². The standard InChI is InChI=1S/C13H15N3O2/c1-8-3-4-9-11(16(8)13(17)18-2)6-5-10-12(9)15-7-14-10/h5-8H,3-4H2,1-2H3,(H,14,15)/t8-/m0/s1. The topological polar surface area (TPSA) is 58.2 Å². The van der Waals surface area contributed by atoms with Crippen molar-refractivity contribution in [1.82, 2.24) is 9.97 Å². The lowest BCUT2D eigenvalue weighted by molar-refractivity contribution is 0.175. The number of hydrogen-bond acceptors (Lipinski definition) is 3. The maximum absolute atomic E-state index is 11.9. The summed E-state index contributed by atoms with van der Waals surface area (Å²) < 4.78 is 4.87. The second-order valence-corrected chi connectivity index (χ2v) is 4.59. The molecule has 0 spiro atoms. The first-order chi connectivity index (χ1) is 8.72. The lowest BCUT2D eigenvalue weighted by Crippen LogP contribution is -2.42. The van der Waals surface area contributed by atoms with Gasteiger partial charge < -0.3 is 9.72 Å². The summed E-state index contributed by atoms with van der Waals surface area (Å²) in [5.74, 6) is 0. The van der Waals surface area contributed by atoms with Gasteiger partial charge in [-0.15, -0.1) is 0 Å². The molecule has 2 heterocycles. The van der Waals surface area contributed by atoms with Gasteiger partial charge in [-0.3, -0.25) is 4.90 Å². The van der Waals surface area contributed by atoms with Gasteiger partial charge in [-0.2, -0.15) is 0 Å². The van der Waals surface area contributed by atoms with E-state index >= 15 is 0 Å². The number of carbonyl (C=O) groups is 1. The zero-order chi connectivity index (χ0) is 12.7. The first-order valence-corrected chi connectivity index (χ1v) is 6.04. The van der Waals surface area contributed by atoms with Gasteiger partial charge in [0, 0.05) is 11.6 Å². The first-order valence-electron chi connectivity index (χ1n) is 6.04. The molecule has 1 N–H and O–H groups in total. The van der Waals surface area contributed by atoms with Crippen LogP contribution in [0.4, 0.5) is 10.5 Å². The minimum absolute atomic E-state index is 0.154. The smallest absolute Gasteiger partial charge is 0.414 e. The number of fused-ring (bicyclic) bond motifs is 3. The van der Waals surface area contributed by atoms with Crippen molar-refractivity contribution in [3.05, 3.63) is 24.0 Å². The number of amides is 1. The largest absolute Gasteiger partial charge is 0.452 e. The molecule has 0 unspecified atom stereocenters. The molecule has 0 radical (unpaired) electrons. The van der Waals surface area contributed by atoms with Crippen molar-refractivity contribution < 1.29 is 9.53 Å². The zero-order valence-electron chi connectivity index (χ0n) is 10.4. The van der Waals surface area contributed by atoms with E-state index in [-0.39, 0.29) is 12.1 Å². The van der Waals surface area contributed by atoms with Gasteiger partial charge in [-0.25, -0.2) is 9.78 Å². The van der Waals surface area contributed by atoms with Crippen LogP contribution in [-0.4, -0.2) is 29.2 Å². The molecule has 0 bridgehead atoms. The third kappa shape index (κ3) is 1.47. The van der Waals surface area contributed by atoms with Gasteiger partial charge in [0.15, 0.2) is 0 Å². The van der Waals surface area contributed by atoms with E-state index in [2.05, 4.69) is 9.97 Å². The van der Waals surface area contributed by atoms with Gasteiger partial charge in [0.1, 0.15) is 0 Å². The van der Waals surface area contributed by atoms with E-state index in [0.29, 0.717) is 0 Å². The molecule has 0 saturated carbocycles. The Labute approximate surface area is 105 Å². The number of anilines is 1. The van der Waals surface area contributed by atoms with E-state index in [1.165, 1.54) is 7.11 Å². The van der Waals surface area contributed by atoms with E-state index in [0.717, 1.165) is 35.1 Å². The van der Waals surface area contributed by atoms with Crippen LogP contribution in [0.3, 0.4) is 0 Å². The maximum atomic E-state index is 11.9.